The van der Waals surface area contributed by atoms with Gasteiger partial charge >= 0.3 is 0 Å². The van der Waals surface area contributed by atoms with Crippen LogP contribution < -0.4 is 5.32 Å². The molecule has 0 aromatic heterocycles. The fourth-order valence-corrected chi connectivity index (χ4v) is 3.42. The summed E-state index contributed by atoms with van der Waals surface area (Å²) in [6, 6.07) is 10.6. The number of benzene rings is 2. The molecular weight excluding hydrogens is 373 g/mol. The van der Waals surface area contributed by atoms with Gasteiger partial charge in [-0.2, -0.15) is 0 Å². The van der Waals surface area contributed by atoms with Crippen LogP contribution in [0.2, 0.25) is 5.02 Å². The Bertz CT molecular complexity index is 839. The third-order valence-corrected chi connectivity index (χ3v) is 5.42. The number of hydrogen-bond acceptors (Lipinski definition) is 4. The maximum atomic E-state index is 13.7. The van der Waals surface area contributed by atoms with E-state index >= 15 is 0 Å². The van der Waals surface area contributed by atoms with Crippen LogP contribution in [0, 0.1) is 5.82 Å². The number of halogens is 2. The Kier molecular flexibility index (Phi) is 6.26. The quantitative estimate of drug-likeness (QED) is 0.766. The topological polar surface area (TPSA) is 63.2 Å². The predicted molar refractivity (Wildman–Crippen MR) is 95.8 cm³/mol. The number of anilines is 1. The molecule has 24 heavy (non-hydrogen) atoms. The van der Waals surface area contributed by atoms with Crippen molar-refractivity contribution < 1.29 is 17.6 Å². The molecule has 0 saturated carbocycles. The molecule has 2 rings (SSSR count). The minimum atomic E-state index is -3.47. The summed E-state index contributed by atoms with van der Waals surface area (Å²) in [6.07, 6.45) is 1.02. The molecule has 0 fully saturated rings. The van der Waals surface area contributed by atoms with Crippen LogP contribution >= 0.6 is 23.4 Å². The van der Waals surface area contributed by atoms with Gasteiger partial charge in [-0.3, -0.25) is 4.79 Å². The normalized spacial score (nSPS) is 11.3. The van der Waals surface area contributed by atoms with Crippen molar-refractivity contribution in [1.29, 1.82) is 0 Å². The van der Waals surface area contributed by atoms with E-state index in [2.05, 4.69) is 5.32 Å². The van der Waals surface area contributed by atoms with E-state index in [0.29, 0.717) is 10.8 Å². The second-order valence-electron chi connectivity index (χ2n) is 5.08. The van der Waals surface area contributed by atoms with Gasteiger partial charge in [0.05, 0.1) is 16.3 Å². The van der Waals surface area contributed by atoms with Crippen LogP contribution in [0.3, 0.4) is 0 Å². The number of rotatable bonds is 6. The Morgan fingerprint density at radius 2 is 1.88 bits per heavy atom. The standard InChI is InChI=1S/C16H15ClFNO3S2/c1-24(21,22)13-6-7-14(18)15(8-13)19-16(20)10-23-9-11-2-4-12(17)5-3-11/h2-8H,9-10H2,1H3,(H,19,20). The summed E-state index contributed by atoms with van der Waals surface area (Å²) in [4.78, 5) is 11.9. The van der Waals surface area contributed by atoms with Crippen molar-refractivity contribution >= 4 is 44.8 Å². The van der Waals surface area contributed by atoms with Crippen LogP contribution in [0.15, 0.2) is 47.4 Å². The van der Waals surface area contributed by atoms with Gasteiger partial charge in [-0.15, -0.1) is 11.8 Å². The Labute approximate surface area is 149 Å². The summed E-state index contributed by atoms with van der Waals surface area (Å²) < 4.78 is 36.7. The maximum absolute atomic E-state index is 13.7. The van der Waals surface area contributed by atoms with Crippen LogP contribution in [0.5, 0.6) is 0 Å². The number of amides is 1. The minimum absolute atomic E-state index is 0.0481. The SMILES string of the molecule is CS(=O)(=O)c1ccc(F)c(NC(=O)CSCc2ccc(Cl)cc2)c1. The molecule has 0 atom stereocenters. The molecule has 0 radical (unpaired) electrons. The Morgan fingerprint density at radius 1 is 1.21 bits per heavy atom. The average molecular weight is 388 g/mol. The van der Waals surface area contributed by atoms with E-state index in [1.54, 1.807) is 12.1 Å². The van der Waals surface area contributed by atoms with Crippen molar-refractivity contribution in [3.8, 4) is 0 Å². The first-order valence-electron chi connectivity index (χ1n) is 6.87. The van der Waals surface area contributed by atoms with Gasteiger partial charge in [0.2, 0.25) is 5.91 Å². The summed E-state index contributed by atoms with van der Waals surface area (Å²) in [7, 11) is -3.47. The highest BCUT2D eigenvalue weighted by Gasteiger charge is 2.13. The number of thioether (sulfide) groups is 1. The van der Waals surface area contributed by atoms with Crippen molar-refractivity contribution in [3.63, 3.8) is 0 Å². The molecule has 1 N–H and O–H groups in total. The van der Waals surface area contributed by atoms with E-state index in [9.17, 15) is 17.6 Å². The van der Waals surface area contributed by atoms with Crippen molar-refractivity contribution in [3.05, 3.63) is 58.9 Å². The highest BCUT2D eigenvalue weighted by molar-refractivity contribution is 7.99. The van der Waals surface area contributed by atoms with Crippen LogP contribution in [-0.2, 0) is 20.4 Å². The molecule has 8 heteroatoms. The second-order valence-corrected chi connectivity index (χ2v) is 8.52. The lowest BCUT2D eigenvalue weighted by molar-refractivity contribution is -0.113. The summed E-state index contributed by atoms with van der Waals surface area (Å²) in [6.45, 7) is 0. The first-order chi connectivity index (χ1) is 11.3. The van der Waals surface area contributed by atoms with Crippen LogP contribution in [0.25, 0.3) is 0 Å². The lowest BCUT2D eigenvalue weighted by atomic mass is 10.2. The zero-order valence-electron chi connectivity index (χ0n) is 12.8. The molecule has 0 aliphatic carbocycles. The lowest BCUT2D eigenvalue weighted by Gasteiger charge is -2.08. The highest BCUT2D eigenvalue weighted by Crippen LogP contribution is 2.20. The van der Waals surface area contributed by atoms with Gasteiger partial charge < -0.3 is 5.32 Å². The Balaban J connectivity index is 1.93. The number of nitrogens with one attached hydrogen (secondary N) is 1. The molecular formula is C16H15ClFNO3S2. The van der Waals surface area contributed by atoms with Gasteiger partial charge in [0.15, 0.2) is 9.84 Å². The first kappa shape index (κ1) is 18.8. The summed E-state index contributed by atoms with van der Waals surface area (Å²) in [5.41, 5.74) is 0.873. The lowest BCUT2D eigenvalue weighted by Crippen LogP contribution is -2.15. The molecule has 0 aliphatic heterocycles. The summed E-state index contributed by atoms with van der Waals surface area (Å²) in [5, 5.41) is 3.04. The van der Waals surface area contributed by atoms with Gasteiger partial charge in [-0.1, -0.05) is 23.7 Å². The monoisotopic (exact) mass is 387 g/mol. The van der Waals surface area contributed by atoms with Crippen LogP contribution in [-0.4, -0.2) is 26.3 Å². The van der Waals surface area contributed by atoms with Crippen molar-refractivity contribution in [2.45, 2.75) is 10.6 Å². The number of hydrogen-bond donors (Lipinski definition) is 1. The van der Waals surface area contributed by atoms with Gasteiger partial charge in [-0.25, -0.2) is 12.8 Å². The maximum Gasteiger partial charge on any atom is 0.234 e. The molecule has 2 aromatic rings. The molecule has 1 amide bonds. The van der Waals surface area contributed by atoms with E-state index in [1.807, 2.05) is 12.1 Å². The van der Waals surface area contributed by atoms with Crippen LogP contribution in [0.1, 0.15) is 5.56 Å². The molecule has 128 valence electrons. The second kappa shape index (κ2) is 8.00. The third-order valence-electron chi connectivity index (χ3n) is 3.06. The van der Waals surface area contributed by atoms with E-state index in [4.69, 9.17) is 11.6 Å². The summed E-state index contributed by atoms with van der Waals surface area (Å²) >= 11 is 7.16. The predicted octanol–water partition coefficient (Wildman–Crippen LogP) is 3.75. The molecule has 2 aromatic carbocycles. The van der Waals surface area contributed by atoms with Crippen molar-refractivity contribution in [2.24, 2.45) is 0 Å². The molecule has 0 unspecified atom stereocenters. The first-order valence-corrected chi connectivity index (χ1v) is 10.3. The van der Waals surface area contributed by atoms with Gasteiger partial charge in [0.25, 0.3) is 0 Å². The summed E-state index contributed by atoms with van der Waals surface area (Å²) in [5.74, 6) is -0.362. The highest BCUT2D eigenvalue weighted by atomic mass is 35.5. The van der Waals surface area contributed by atoms with Gasteiger partial charge in [0.1, 0.15) is 5.82 Å². The van der Waals surface area contributed by atoms with E-state index in [0.717, 1.165) is 30.0 Å². The fraction of sp³-hybridized carbons (Fsp3) is 0.188. The van der Waals surface area contributed by atoms with Crippen molar-refractivity contribution in [1.82, 2.24) is 0 Å². The third kappa shape index (κ3) is 5.51. The van der Waals surface area contributed by atoms with E-state index in [1.165, 1.54) is 11.8 Å². The number of carbonyl (C=O) groups excluding carboxylic acids is 1. The Morgan fingerprint density at radius 3 is 2.50 bits per heavy atom. The molecule has 0 heterocycles. The largest absolute Gasteiger partial charge is 0.323 e. The van der Waals surface area contributed by atoms with E-state index in [-0.39, 0.29) is 16.3 Å². The van der Waals surface area contributed by atoms with Gasteiger partial charge in [-0.05, 0) is 35.9 Å². The average Bonchev–Trinajstić information content (AvgIpc) is 2.50. The van der Waals surface area contributed by atoms with E-state index < -0.39 is 21.6 Å². The smallest absolute Gasteiger partial charge is 0.234 e. The molecule has 0 saturated heterocycles. The minimum Gasteiger partial charge on any atom is -0.323 e. The Hall–Kier alpha value is -1.57. The molecule has 0 aliphatic rings. The zero-order chi connectivity index (χ0) is 17.7. The number of carbonyl (C=O) groups is 1. The zero-order valence-corrected chi connectivity index (χ0v) is 15.1. The molecule has 0 spiro atoms. The van der Waals surface area contributed by atoms with Gasteiger partial charge in [0, 0.05) is 17.0 Å². The number of sulfone groups is 1. The fourth-order valence-electron chi connectivity index (χ4n) is 1.86. The van der Waals surface area contributed by atoms with Crippen molar-refractivity contribution in [2.75, 3.05) is 17.3 Å². The van der Waals surface area contributed by atoms with Crippen LogP contribution in [0.4, 0.5) is 10.1 Å². The molecule has 0 bridgehead atoms. The molecule has 4 nitrogen and oxygen atoms in total.